The Morgan fingerprint density at radius 3 is 2.28 bits per heavy atom. The van der Waals surface area contributed by atoms with E-state index in [-0.39, 0.29) is 18.4 Å². The third kappa shape index (κ3) is 7.53. The van der Waals surface area contributed by atoms with E-state index < -0.39 is 18.0 Å². The minimum atomic E-state index is -4.08. The van der Waals surface area contributed by atoms with Gasteiger partial charge >= 0.3 is 6.18 Å². The van der Waals surface area contributed by atoms with Gasteiger partial charge < -0.3 is 10.6 Å². The highest BCUT2D eigenvalue weighted by Crippen LogP contribution is 2.22. The van der Waals surface area contributed by atoms with Gasteiger partial charge in [-0.3, -0.25) is 4.79 Å². The predicted octanol–water partition coefficient (Wildman–Crippen LogP) is 2.47. The number of amides is 1. The summed E-state index contributed by atoms with van der Waals surface area (Å²) >= 11 is 0. The molecule has 3 nitrogen and oxygen atoms in total. The first kappa shape index (κ1) is 17.2. The number of hydrogen-bond acceptors (Lipinski definition) is 2. The van der Waals surface area contributed by atoms with E-state index >= 15 is 0 Å². The highest BCUT2D eigenvalue weighted by atomic mass is 19.4. The second-order valence-corrected chi connectivity index (χ2v) is 5.25. The van der Waals surface area contributed by atoms with Crippen molar-refractivity contribution in [1.29, 1.82) is 0 Å². The van der Waals surface area contributed by atoms with Crippen LogP contribution >= 0.6 is 0 Å². The van der Waals surface area contributed by atoms with Crippen LogP contribution in [0.4, 0.5) is 13.2 Å². The van der Waals surface area contributed by atoms with E-state index in [4.69, 9.17) is 0 Å². The molecule has 0 aliphatic rings. The molecule has 0 heterocycles. The number of rotatable bonds is 7. The lowest BCUT2D eigenvalue weighted by Crippen LogP contribution is -2.44. The maximum Gasteiger partial charge on any atom is 0.389 e. The van der Waals surface area contributed by atoms with E-state index in [0.29, 0.717) is 13.0 Å². The van der Waals surface area contributed by atoms with Gasteiger partial charge in [0.15, 0.2) is 0 Å². The number of halogens is 3. The third-order valence-corrected chi connectivity index (χ3v) is 2.83. The molecule has 0 aliphatic heterocycles. The van der Waals surface area contributed by atoms with Crippen LogP contribution in [0.1, 0.15) is 40.0 Å². The molecular weight excluding hydrogens is 245 g/mol. The van der Waals surface area contributed by atoms with Gasteiger partial charge in [-0.15, -0.1) is 0 Å². The molecule has 1 amide bonds. The molecule has 0 aliphatic carbocycles. The van der Waals surface area contributed by atoms with E-state index in [2.05, 4.69) is 10.6 Å². The number of alkyl halides is 3. The van der Waals surface area contributed by atoms with Crippen molar-refractivity contribution in [2.24, 2.45) is 5.41 Å². The van der Waals surface area contributed by atoms with E-state index in [1.165, 1.54) is 0 Å². The Labute approximate surface area is 107 Å². The van der Waals surface area contributed by atoms with Crippen LogP contribution in [0.15, 0.2) is 0 Å². The van der Waals surface area contributed by atoms with Gasteiger partial charge in [0.2, 0.25) is 5.91 Å². The highest BCUT2D eigenvalue weighted by Gasteiger charge is 2.28. The highest BCUT2D eigenvalue weighted by molar-refractivity contribution is 5.81. The maximum absolute atomic E-state index is 12.0. The molecule has 0 radical (unpaired) electrons. The monoisotopic (exact) mass is 268 g/mol. The summed E-state index contributed by atoms with van der Waals surface area (Å²) in [5.41, 5.74) is -0.562. The van der Waals surface area contributed by atoms with Crippen molar-refractivity contribution in [3.63, 3.8) is 0 Å². The fourth-order valence-corrected chi connectivity index (χ4v) is 1.56. The summed E-state index contributed by atoms with van der Waals surface area (Å²) in [5, 5.41) is 5.66. The smallest absolute Gasteiger partial charge is 0.359 e. The van der Waals surface area contributed by atoms with Gasteiger partial charge in [0.05, 0.1) is 5.41 Å². The van der Waals surface area contributed by atoms with Gasteiger partial charge in [0.25, 0.3) is 0 Å². The van der Waals surface area contributed by atoms with Crippen LogP contribution in [0.25, 0.3) is 0 Å². The Morgan fingerprint density at radius 2 is 1.83 bits per heavy atom. The van der Waals surface area contributed by atoms with Gasteiger partial charge in [-0.05, 0) is 33.6 Å². The lowest BCUT2D eigenvalue weighted by atomic mass is 9.92. The topological polar surface area (TPSA) is 41.1 Å². The number of carbonyl (C=O) groups is 1. The summed E-state index contributed by atoms with van der Waals surface area (Å²) < 4.78 is 35.9. The maximum atomic E-state index is 12.0. The van der Waals surface area contributed by atoms with Crippen LogP contribution in [-0.2, 0) is 4.79 Å². The Hall–Kier alpha value is -0.780. The van der Waals surface area contributed by atoms with Crippen molar-refractivity contribution in [3.8, 4) is 0 Å². The van der Waals surface area contributed by atoms with Crippen molar-refractivity contribution in [2.75, 3.05) is 13.6 Å². The van der Waals surface area contributed by atoms with Crippen LogP contribution < -0.4 is 10.6 Å². The fraction of sp³-hybridized carbons (Fsp3) is 0.917. The molecule has 0 fully saturated rings. The van der Waals surface area contributed by atoms with E-state index in [1.54, 1.807) is 20.9 Å². The SMILES string of the molecule is CNC(=O)C(C)(C)CNC(C)CCCC(F)(F)F. The zero-order valence-corrected chi connectivity index (χ0v) is 11.4. The first-order valence-electron chi connectivity index (χ1n) is 6.11. The molecule has 1 unspecified atom stereocenters. The van der Waals surface area contributed by atoms with Crippen LogP contribution in [0.3, 0.4) is 0 Å². The van der Waals surface area contributed by atoms with E-state index in [1.807, 2.05) is 6.92 Å². The zero-order chi connectivity index (χ0) is 14.4. The summed E-state index contributed by atoms with van der Waals surface area (Å²) in [4.78, 5) is 11.5. The van der Waals surface area contributed by atoms with Crippen molar-refractivity contribution < 1.29 is 18.0 Å². The van der Waals surface area contributed by atoms with Crippen LogP contribution in [0, 0.1) is 5.41 Å². The molecule has 0 saturated carbocycles. The minimum Gasteiger partial charge on any atom is -0.359 e. The Bertz CT molecular complexity index is 265. The van der Waals surface area contributed by atoms with Crippen molar-refractivity contribution in [3.05, 3.63) is 0 Å². The molecule has 2 N–H and O–H groups in total. The molecule has 0 spiro atoms. The van der Waals surface area contributed by atoms with Crippen molar-refractivity contribution >= 4 is 5.91 Å². The molecule has 0 rings (SSSR count). The Kier molecular flexibility index (Phi) is 6.67. The van der Waals surface area contributed by atoms with Crippen molar-refractivity contribution in [2.45, 2.75) is 52.3 Å². The first-order chi connectivity index (χ1) is 8.08. The molecule has 1 atom stereocenters. The molecule has 0 saturated heterocycles. The lowest BCUT2D eigenvalue weighted by Gasteiger charge is -2.25. The predicted molar refractivity (Wildman–Crippen MR) is 65.2 cm³/mol. The third-order valence-electron chi connectivity index (χ3n) is 2.83. The van der Waals surface area contributed by atoms with Gasteiger partial charge in [-0.2, -0.15) is 13.2 Å². The normalized spacial score (nSPS) is 14.4. The van der Waals surface area contributed by atoms with Crippen LogP contribution in [0.5, 0.6) is 0 Å². The summed E-state index contributed by atoms with van der Waals surface area (Å²) in [7, 11) is 1.57. The van der Waals surface area contributed by atoms with Gasteiger partial charge in [-0.25, -0.2) is 0 Å². The molecular formula is C12H23F3N2O. The minimum absolute atomic E-state index is 0.0312. The number of hydrogen-bond donors (Lipinski definition) is 2. The van der Waals surface area contributed by atoms with Crippen LogP contribution in [0.2, 0.25) is 0 Å². The molecule has 0 aromatic heterocycles. The van der Waals surface area contributed by atoms with E-state index in [0.717, 1.165) is 0 Å². The molecule has 108 valence electrons. The van der Waals surface area contributed by atoms with Gasteiger partial charge in [0, 0.05) is 26.1 Å². The molecule has 0 bridgehead atoms. The zero-order valence-electron chi connectivity index (χ0n) is 11.4. The Morgan fingerprint density at radius 1 is 1.28 bits per heavy atom. The molecule has 6 heteroatoms. The van der Waals surface area contributed by atoms with Gasteiger partial charge in [0.1, 0.15) is 0 Å². The molecule has 0 aromatic rings. The lowest BCUT2D eigenvalue weighted by molar-refractivity contribution is -0.135. The summed E-state index contributed by atoms with van der Waals surface area (Å²) in [5.74, 6) is -0.0857. The largest absolute Gasteiger partial charge is 0.389 e. The molecule has 0 aromatic carbocycles. The second kappa shape index (κ2) is 6.97. The standard InChI is InChI=1S/C12H23F3N2O/c1-9(6-5-7-12(13,14)15)17-8-11(2,3)10(18)16-4/h9,17H,5-8H2,1-4H3,(H,16,18). The first-order valence-corrected chi connectivity index (χ1v) is 6.11. The van der Waals surface area contributed by atoms with Crippen molar-refractivity contribution in [1.82, 2.24) is 10.6 Å². The average Bonchev–Trinajstić information content (AvgIpc) is 2.23. The second-order valence-electron chi connectivity index (χ2n) is 5.25. The van der Waals surface area contributed by atoms with Crippen LogP contribution in [-0.4, -0.2) is 31.7 Å². The Balaban J connectivity index is 3.90. The summed E-state index contributed by atoms with van der Waals surface area (Å²) in [6.07, 6.45) is -4.28. The fourth-order valence-electron chi connectivity index (χ4n) is 1.56. The van der Waals surface area contributed by atoms with E-state index in [9.17, 15) is 18.0 Å². The number of carbonyl (C=O) groups excluding carboxylic acids is 1. The molecule has 18 heavy (non-hydrogen) atoms. The average molecular weight is 268 g/mol. The quantitative estimate of drug-likeness (QED) is 0.744. The number of nitrogens with one attached hydrogen (secondary N) is 2. The van der Waals surface area contributed by atoms with Gasteiger partial charge in [-0.1, -0.05) is 0 Å². The summed E-state index contributed by atoms with van der Waals surface area (Å²) in [6, 6.07) is -0.0312. The summed E-state index contributed by atoms with van der Waals surface area (Å²) in [6.45, 7) is 5.86.